The highest BCUT2D eigenvalue weighted by atomic mass is 32.1. The van der Waals surface area contributed by atoms with Crippen molar-refractivity contribution in [1.29, 1.82) is 0 Å². The van der Waals surface area contributed by atoms with Crippen LogP contribution in [0.25, 0.3) is 6.08 Å². The molecule has 10 heteroatoms. The Labute approximate surface area is 224 Å². The van der Waals surface area contributed by atoms with Gasteiger partial charge in [0.15, 0.2) is 27.8 Å². The van der Waals surface area contributed by atoms with Crippen molar-refractivity contribution in [2.75, 3.05) is 34.0 Å². The van der Waals surface area contributed by atoms with E-state index in [4.69, 9.17) is 23.7 Å². The maximum absolute atomic E-state index is 13.8. The first-order valence-corrected chi connectivity index (χ1v) is 13.1. The molecule has 1 atom stereocenters. The number of methoxy groups -OCH3 is 2. The van der Waals surface area contributed by atoms with E-state index in [1.807, 2.05) is 39.0 Å². The summed E-state index contributed by atoms with van der Waals surface area (Å²) in [5.74, 6) is 1.72. The Hall–Kier alpha value is -4.05. The Morgan fingerprint density at radius 1 is 0.947 bits per heavy atom. The molecule has 9 nitrogen and oxygen atoms in total. The molecule has 0 amide bonds. The molecule has 1 aliphatic rings. The number of fused-ring (bicyclic) bond motifs is 1. The van der Waals surface area contributed by atoms with Gasteiger partial charge in [0, 0.05) is 6.20 Å². The third kappa shape index (κ3) is 5.31. The van der Waals surface area contributed by atoms with Gasteiger partial charge in [-0.1, -0.05) is 23.5 Å². The average Bonchev–Trinajstić information content (AvgIpc) is 3.24. The van der Waals surface area contributed by atoms with Crippen LogP contribution in [0, 0.1) is 0 Å². The van der Waals surface area contributed by atoms with Crippen LogP contribution in [0.1, 0.15) is 37.9 Å². The van der Waals surface area contributed by atoms with Crippen molar-refractivity contribution in [2.24, 2.45) is 4.99 Å². The monoisotopic (exact) mass is 538 g/mol. The second-order valence-corrected chi connectivity index (χ2v) is 9.10. The summed E-state index contributed by atoms with van der Waals surface area (Å²) in [6.45, 7) is 7.03. The number of carbonyl (C=O) groups is 1. The lowest BCUT2D eigenvalue weighted by molar-refractivity contribution is -0.136. The predicted molar refractivity (Wildman–Crippen MR) is 144 cm³/mol. The van der Waals surface area contributed by atoms with Crippen LogP contribution in [-0.2, 0) is 9.53 Å². The number of carbonyl (C=O) groups excluding carboxylic acids is 1. The van der Waals surface area contributed by atoms with Crippen molar-refractivity contribution in [3.63, 3.8) is 0 Å². The van der Waals surface area contributed by atoms with E-state index in [0.717, 1.165) is 5.56 Å². The fraction of sp³-hybridized carbons (Fsp3) is 0.321. The van der Waals surface area contributed by atoms with E-state index in [0.29, 0.717) is 57.7 Å². The third-order valence-corrected chi connectivity index (χ3v) is 6.79. The van der Waals surface area contributed by atoms with Crippen LogP contribution in [-0.4, -0.2) is 44.6 Å². The summed E-state index contributed by atoms with van der Waals surface area (Å²) < 4.78 is 29.5. The van der Waals surface area contributed by atoms with E-state index < -0.39 is 12.0 Å². The molecule has 0 fully saturated rings. The van der Waals surface area contributed by atoms with Crippen molar-refractivity contribution in [3.8, 4) is 23.0 Å². The molecule has 38 heavy (non-hydrogen) atoms. The molecular formula is C28H30N2O7S. The average molecular weight is 539 g/mol. The lowest BCUT2D eigenvalue weighted by Crippen LogP contribution is -2.39. The minimum Gasteiger partial charge on any atom is -0.493 e. The van der Waals surface area contributed by atoms with Crippen molar-refractivity contribution >= 4 is 23.4 Å². The molecule has 3 aromatic rings. The van der Waals surface area contributed by atoms with Gasteiger partial charge >= 0.3 is 5.97 Å². The van der Waals surface area contributed by atoms with Crippen LogP contribution in [0.5, 0.6) is 23.0 Å². The van der Waals surface area contributed by atoms with Crippen molar-refractivity contribution in [2.45, 2.75) is 26.8 Å². The zero-order valence-corrected chi connectivity index (χ0v) is 22.8. The summed E-state index contributed by atoms with van der Waals surface area (Å²) in [6.07, 6.45) is 3.23. The van der Waals surface area contributed by atoms with Gasteiger partial charge in [0.25, 0.3) is 5.56 Å². The number of rotatable bonds is 10. The molecule has 200 valence electrons. The number of nitrogens with zero attached hydrogens (tertiary/aromatic N) is 2. The van der Waals surface area contributed by atoms with Crippen LogP contribution >= 0.6 is 11.3 Å². The lowest BCUT2D eigenvalue weighted by atomic mass is 9.97. The molecule has 0 spiro atoms. The molecule has 0 aliphatic carbocycles. The molecule has 1 aromatic heterocycles. The summed E-state index contributed by atoms with van der Waals surface area (Å²) in [5.41, 5.74) is 1.39. The van der Waals surface area contributed by atoms with Gasteiger partial charge in [-0.2, -0.15) is 0 Å². The molecule has 2 heterocycles. The number of hydrogen-bond donors (Lipinski definition) is 0. The van der Waals surface area contributed by atoms with Crippen LogP contribution in [0.2, 0.25) is 0 Å². The normalized spacial score (nSPS) is 14.7. The standard InChI is InChI=1S/C28H30N2O7S/c1-6-35-21-12-10-18(15-23(21)37-8-3)25-19(27(32)34-5)16-29-28-30(25)26(31)24(38-28)14-17-9-11-20(33-4)22(13-17)36-7-2/h9-16,25H,6-8H2,1-5H3/b24-14-/t25-/m1/s1. The van der Waals surface area contributed by atoms with Crippen LogP contribution in [0.3, 0.4) is 0 Å². The van der Waals surface area contributed by atoms with Crippen LogP contribution < -0.4 is 33.8 Å². The van der Waals surface area contributed by atoms with Crippen molar-refractivity contribution in [3.05, 3.63) is 79.0 Å². The van der Waals surface area contributed by atoms with Crippen LogP contribution in [0.15, 0.2) is 58.0 Å². The largest absolute Gasteiger partial charge is 0.493 e. The van der Waals surface area contributed by atoms with Gasteiger partial charge in [-0.15, -0.1) is 0 Å². The number of benzene rings is 2. The highest BCUT2D eigenvalue weighted by Crippen LogP contribution is 2.35. The minimum atomic E-state index is -0.759. The SMILES string of the molecule is CCOc1cc(/C=c2\sc3n(c2=O)[C@H](c2ccc(OCC)c(OCC)c2)C(C(=O)OC)=CN=3)ccc1OC. The van der Waals surface area contributed by atoms with Crippen molar-refractivity contribution < 1.29 is 28.5 Å². The van der Waals surface area contributed by atoms with Gasteiger partial charge in [0.1, 0.15) is 0 Å². The topological polar surface area (TPSA) is 97.6 Å². The van der Waals surface area contributed by atoms with Crippen molar-refractivity contribution in [1.82, 2.24) is 4.57 Å². The number of thiazole rings is 1. The Bertz CT molecular complexity index is 1540. The molecule has 0 saturated heterocycles. The predicted octanol–water partition coefficient (Wildman–Crippen LogP) is 3.22. The molecule has 0 N–H and O–H groups in total. The second-order valence-electron chi connectivity index (χ2n) is 8.09. The Morgan fingerprint density at radius 2 is 1.61 bits per heavy atom. The van der Waals surface area contributed by atoms with Gasteiger partial charge < -0.3 is 23.7 Å². The summed E-state index contributed by atoms with van der Waals surface area (Å²) in [7, 11) is 2.88. The van der Waals surface area contributed by atoms with Gasteiger partial charge in [0.2, 0.25) is 0 Å². The second kappa shape index (κ2) is 12.0. The van der Waals surface area contributed by atoms with Gasteiger partial charge in [-0.3, -0.25) is 9.36 Å². The number of hydrogen-bond acceptors (Lipinski definition) is 9. The Morgan fingerprint density at radius 3 is 2.26 bits per heavy atom. The molecule has 1 aliphatic heterocycles. The minimum absolute atomic E-state index is 0.237. The highest BCUT2D eigenvalue weighted by molar-refractivity contribution is 7.07. The molecular weight excluding hydrogens is 508 g/mol. The quantitative estimate of drug-likeness (QED) is 0.366. The fourth-order valence-corrected chi connectivity index (χ4v) is 5.16. The Kier molecular flexibility index (Phi) is 8.52. The van der Waals surface area contributed by atoms with Gasteiger partial charge in [-0.05, 0) is 62.2 Å². The summed E-state index contributed by atoms with van der Waals surface area (Å²) in [5, 5.41) is 0. The zero-order chi connectivity index (χ0) is 27.2. The summed E-state index contributed by atoms with van der Waals surface area (Å²) in [4.78, 5) is 31.4. The molecule has 0 unspecified atom stereocenters. The number of aromatic nitrogens is 1. The smallest absolute Gasteiger partial charge is 0.337 e. The summed E-state index contributed by atoms with van der Waals surface area (Å²) in [6, 6.07) is 10.1. The fourth-order valence-electron chi connectivity index (χ4n) is 4.19. The highest BCUT2D eigenvalue weighted by Gasteiger charge is 2.31. The van der Waals surface area contributed by atoms with E-state index in [1.54, 1.807) is 31.4 Å². The maximum Gasteiger partial charge on any atom is 0.337 e. The van der Waals surface area contributed by atoms with E-state index in [9.17, 15) is 9.59 Å². The first kappa shape index (κ1) is 27.0. The zero-order valence-electron chi connectivity index (χ0n) is 22.0. The van der Waals surface area contributed by atoms with E-state index >= 15 is 0 Å². The van der Waals surface area contributed by atoms with E-state index in [2.05, 4.69) is 4.99 Å². The third-order valence-electron chi connectivity index (χ3n) is 5.79. The van der Waals surface area contributed by atoms with E-state index in [-0.39, 0.29) is 11.1 Å². The number of ether oxygens (including phenoxy) is 5. The number of esters is 1. The Balaban J connectivity index is 1.88. The molecule has 0 radical (unpaired) electrons. The molecule has 0 bridgehead atoms. The summed E-state index contributed by atoms with van der Waals surface area (Å²) >= 11 is 1.23. The lowest BCUT2D eigenvalue weighted by Gasteiger charge is -2.23. The maximum atomic E-state index is 13.8. The first-order valence-electron chi connectivity index (χ1n) is 12.2. The first-order chi connectivity index (χ1) is 18.4. The molecule has 2 aromatic carbocycles. The molecule has 0 saturated carbocycles. The molecule has 4 rings (SSSR count). The van der Waals surface area contributed by atoms with E-state index in [1.165, 1.54) is 29.2 Å². The van der Waals surface area contributed by atoms with Gasteiger partial charge in [0.05, 0.1) is 50.2 Å². The van der Waals surface area contributed by atoms with Crippen LogP contribution in [0.4, 0.5) is 0 Å². The van der Waals surface area contributed by atoms with Gasteiger partial charge in [-0.25, -0.2) is 9.79 Å².